The molecule has 0 fully saturated rings. The molecular formula is B2O5Zn2. The third-order valence-electron chi connectivity index (χ3n) is 0.222. The molecule has 0 radical (unpaired) electrons. The van der Waals surface area contributed by atoms with Crippen molar-refractivity contribution in [3.63, 3.8) is 0 Å². The SMILES string of the molecule is [O-]B([O-])OB([O-])[O-].[Zn+2].[Zn+2]. The Morgan fingerprint density at radius 3 is 1.00 bits per heavy atom. The smallest absolute Gasteiger partial charge is 0.872 e. The molecule has 0 aliphatic rings. The number of hydrogen-bond donors (Lipinski definition) is 0. The number of rotatable bonds is 2. The zero-order chi connectivity index (χ0) is 5.86. The van der Waals surface area contributed by atoms with Gasteiger partial charge in [-0.05, 0) is 0 Å². The monoisotopic (exact) mass is 230 g/mol. The summed E-state index contributed by atoms with van der Waals surface area (Å²) in [4.78, 5) is 0. The van der Waals surface area contributed by atoms with Crippen molar-refractivity contribution in [3.05, 3.63) is 0 Å². The first-order chi connectivity index (χ1) is 3.13. The second kappa shape index (κ2) is 9.18. The first-order valence-electron chi connectivity index (χ1n) is 1.41. The molecule has 0 bridgehead atoms. The van der Waals surface area contributed by atoms with Gasteiger partial charge >= 0.3 is 39.0 Å². The minimum Gasteiger partial charge on any atom is -0.872 e. The molecule has 0 aliphatic heterocycles. The molecule has 40 valence electrons. The minimum atomic E-state index is -2.75. The van der Waals surface area contributed by atoms with Crippen molar-refractivity contribution in [2.45, 2.75) is 0 Å². The van der Waals surface area contributed by atoms with Gasteiger partial charge in [0.25, 0.3) is 0 Å². The van der Waals surface area contributed by atoms with Gasteiger partial charge in [0.1, 0.15) is 0 Å². The molecule has 0 saturated carbocycles. The van der Waals surface area contributed by atoms with Gasteiger partial charge in [-0.1, -0.05) is 0 Å². The van der Waals surface area contributed by atoms with Crippen LogP contribution in [0.4, 0.5) is 0 Å². The minimum absolute atomic E-state index is 0. The summed E-state index contributed by atoms with van der Waals surface area (Å²) >= 11 is 0. The van der Waals surface area contributed by atoms with Crippen LogP contribution in [0.3, 0.4) is 0 Å². The molecule has 0 unspecified atom stereocenters. The predicted octanol–water partition coefficient (Wildman–Crippen LogP) is -5.59. The van der Waals surface area contributed by atoms with Crippen molar-refractivity contribution < 1.29 is 63.6 Å². The Kier molecular flexibility index (Phi) is 17.0. The van der Waals surface area contributed by atoms with E-state index in [1.165, 1.54) is 0 Å². The molecule has 0 aromatic carbocycles. The van der Waals surface area contributed by atoms with Crippen LogP contribution in [0.2, 0.25) is 0 Å². The molecule has 0 N–H and O–H groups in total. The van der Waals surface area contributed by atoms with Gasteiger partial charge in [0.2, 0.25) is 0 Å². The van der Waals surface area contributed by atoms with E-state index < -0.39 is 14.6 Å². The molecule has 0 amide bonds. The van der Waals surface area contributed by atoms with Crippen LogP contribution in [-0.2, 0) is 43.5 Å². The largest absolute Gasteiger partial charge is 2.00 e. The van der Waals surface area contributed by atoms with Crippen LogP contribution < -0.4 is 20.1 Å². The standard InChI is InChI=1S/B2O5.2Zn/c3-1(4)7-2(5)6;;/q-4;2*+2. The van der Waals surface area contributed by atoms with E-state index in [4.69, 9.17) is 20.1 Å². The molecule has 5 nitrogen and oxygen atoms in total. The molecule has 0 rings (SSSR count). The molecule has 0 aromatic heterocycles. The van der Waals surface area contributed by atoms with Gasteiger partial charge in [-0.2, -0.15) is 0 Å². The number of hydrogen-bond acceptors (Lipinski definition) is 5. The van der Waals surface area contributed by atoms with Crippen LogP contribution in [0.1, 0.15) is 0 Å². The Morgan fingerprint density at radius 1 is 0.778 bits per heavy atom. The Bertz CT molecular complexity index is 42.2. The van der Waals surface area contributed by atoms with E-state index in [0.29, 0.717) is 0 Å². The van der Waals surface area contributed by atoms with Crippen LogP contribution in [-0.4, -0.2) is 14.6 Å². The van der Waals surface area contributed by atoms with E-state index in [1.807, 2.05) is 0 Å². The summed E-state index contributed by atoms with van der Waals surface area (Å²) in [6.07, 6.45) is 0. The van der Waals surface area contributed by atoms with Crippen LogP contribution >= 0.6 is 0 Å². The van der Waals surface area contributed by atoms with Crippen molar-refractivity contribution in [2.75, 3.05) is 0 Å². The fourth-order valence-corrected chi connectivity index (χ4v) is 0.0907. The summed E-state index contributed by atoms with van der Waals surface area (Å²) in [5.74, 6) is 0. The van der Waals surface area contributed by atoms with Crippen molar-refractivity contribution in [1.29, 1.82) is 0 Å². The van der Waals surface area contributed by atoms with Crippen molar-refractivity contribution >= 4 is 14.6 Å². The summed E-state index contributed by atoms with van der Waals surface area (Å²) in [5.41, 5.74) is 0. The van der Waals surface area contributed by atoms with E-state index in [2.05, 4.69) is 4.57 Å². The van der Waals surface area contributed by atoms with E-state index in [-0.39, 0.29) is 39.0 Å². The topological polar surface area (TPSA) is 101 Å². The Balaban J connectivity index is -0.000000180. The zero-order valence-corrected chi connectivity index (χ0v) is 10.5. The summed E-state index contributed by atoms with van der Waals surface area (Å²) in [7, 11) is -5.50. The fraction of sp³-hybridized carbons (Fsp3) is 0. The maximum Gasteiger partial charge on any atom is 2.00 e. The van der Waals surface area contributed by atoms with Crippen LogP contribution in [0.25, 0.3) is 0 Å². The van der Waals surface area contributed by atoms with Crippen LogP contribution in [0.5, 0.6) is 0 Å². The second-order valence-electron chi connectivity index (χ2n) is 0.713. The molecule has 0 aromatic rings. The van der Waals surface area contributed by atoms with E-state index in [0.717, 1.165) is 0 Å². The summed E-state index contributed by atoms with van der Waals surface area (Å²) in [6.45, 7) is 0. The molecule has 0 spiro atoms. The van der Waals surface area contributed by atoms with Gasteiger partial charge < -0.3 is 24.7 Å². The molecule has 9 heteroatoms. The van der Waals surface area contributed by atoms with Gasteiger partial charge in [0, 0.05) is 14.6 Å². The maximum atomic E-state index is 9.16. The Morgan fingerprint density at radius 2 is 1.00 bits per heavy atom. The molecule has 0 aliphatic carbocycles. The average Bonchev–Trinajstić information content (AvgIpc) is 1.27. The van der Waals surface area contributed by atoms with Crippen LogP contribution in [0, 0.1) is 0 Å². The van der Waals surface area contributed by atoms with Gasteiger partial charge in [-0.25, -0.2) is 0 Å². The Labute approximate surface area is 78.3 Å². The predicted molar refractivity (Wildman–Crippen MR) is 12.6 cm³/mol. The normalized spacial score (nSPS) is 6.67. The van der Waals surface area contributed by atoms with Gasteiger partial charge in [0.05, 0.1) is 0 Å². The van der Waals surface area contributed by atoms with Crippen molar-refractivity contribution in [3.8, 4) is 0 Å². The summed E-state index contributed by atoms with van der Waals surface area (Å²) in [6, 6.07) is 0. The zero-order valence-electron chi connectivity index (χ0n) is 4.61. The summed E-state index contributed by atoms with van der Waals surface area (Å²) < 4.78 is 3.03. The molecular weight excluding hydrogens is 232 g/mol. The molecule has 0 heterocycles. The second-order valence-corrected chi connectivity index (χ2v) is 0.713. The first kappa shape index (κ1) is 16.6. The average molecular weight is 232 g/mol. The maximum absolute atomic E-state index is 9.16. The third-order valence-corrected chi connectivity index (χ3v) is 0.222. The van der Waals surface area contributed by atoms with Crippen molar-refractivity contribution in [1.82, 2.24) is 0 Å². The molecule has 0 saturated heterocycles. The van der Waals surface area contributed by atoms with E-state index >= 15 is 0 Å². The molecule has 0 atom stereocenters. The van der Waals surface area contributed by atoms with E-state index in [9.17, 15) is 0 Å². The third kappa shape index (κ3) is 17.6. The van der Waals surface area contributed by atoms with Gasteiger partial charge in [-0.3, -0.25) is 0 Å². The first-order valence-corrected chi connectivity index (χ1v) is 1.41. The van der Waals surface area contributed by atoms with Crippen molar-refractivity contribution in [2.24, 2.45) is 0 Å². The van der Waals surface area contributed by atoms with E-state index in [1.54, 1.807) is 0 Å². The molecule has 9 heavy (non-hydrogen) atoms. The van der Waals surface area contributed by atoms with Gasteiger partial charge in [0.15, 0.2) is 0 Å². The fourth-order valence-electron chi connectivity index (χ4n) is 0.0907. The quantitative estimate of drug-likeness (QED) is 0.442. The summed E-state index contributed by atoms with van der Waals surface area (Å²) in [5, 5.41) is 36.6. The Hall–Kier alpha value is 1.18. The van der Waals surface area contributed by atoms with Crippen LogP contribution in [0.15, 0.2) is 0 Å². The van der Waals surface area contributed by atoms with Gasteiger partial charge in [-0.15, -0.1) is 0 Å².